The topological polar surface area (TPSA) is 147 Å². The number of ketones is 1. The number of hydrogen-bond acceptors (Lipinski definition) is 8. The third kappa shape index (κ3) is 5.44. The van der Waals surface area contributed by atoms with E-state index >= 15 is 0 Å². The number of halogens is 3. The van der Waals surface area contributed by atoms with Gasteiger partial charge < -0.3 is 24.9 Å². The summed E-state index contributed by atoms with van der Waals surface area (Å²) in [6.45, 7) is 2.38. The highest BCUT2D eigenvalue weighted by atomic mass is 19.4. The van der Waals surface area contributed by atoms with Gasteiger partial charge in [0, 0.05) is 22.7 Å². The van der Waals surface area contributed by atoms with Gasteiger partial charge >= 0.3 is 6.36 Å². The molecule has 200 valence electrons. The number of tetrazole rings is 1. The van der Waals surface area contributed by atoms with Crippen LogP contribution in [-0.2, 0) is 17.9 Å². The smallest absolute Gasteiger partial charge is 0.497 e. The minimum absolute atomic E-state index is 0.0909. The predicted octanol–water partition coefficient (Wildman–Crippen LogP) is 2.36. The molecule has 0 radical (unpaired) electrons. The monoisotopic (exact) mass is 532 g/mol. The van der Waals surface area contributed by atoms with E-state index in [-0.39, 0.29) is 35.8 Å². The standard InChI is InChI=1S/C24H23F3N6O5/c1-13-20(21(34)14-4-6-15(37-3)7-5-14)17-9-8-16(38-24(25,26)27)10-18(17)32(13)11-19-29-31-33(30-19)12-23(2,36)22(28)35/h4-10,36H,11-12H2,1-3H3,(H2,28,35)/t23-/m0/s1. The Morgan fingerprint density at radius 2 is 1.76 bits per heavy atom. The van der Waals surface area contributed by atoms with Crippen LogP contribution in [0.1, 0.15) is 34.4 Å². The Morgan fingerprint density at radius 3 is 2.37 bits per heavy atom. The number of carbonyl (C=O) groups excluding carboxylic acids is 2. The fourth-order valence-corrected chi connectivity index (χ4v) is 3.93. The third-order valence-electron chi connectivity index (χ3n) is 5.88. The van der Waals surface area contributed by atoms with Crippen molar-refractivity contribution >= 4 is 22.6 Å². The first-order valence-electron chi connectivity index (χ1n) is 11.2. The molecule has 4 aromatic rings. The van der Waals surface area contributed by atoms with Crippen molar-refractivity contribution in [1.29, 1.82) is 0 Å². The van der Waals surface area contributed by atoms with Gasteiger partial charge in [-0.15, -0.1) is 23.4 Å². The number of aromatic nitrogens is 5. The summed E-state index contributed by atoms with van der Waals surface area (Å²) in [5, 5.41) is 22.3. The van der Waals surface area contributed by atoms with Crippen molar-refractivity contribution < 1.29 is 37.3 Å². The number of fused-ring (bicyclic) bond motifs is 1. The van der Waals surface area contributed by atoms with E-state index in [2.05, 4.69) is 20.1 Å². The molecule has 1 amide bonds. The highest BCUT2D eigenvalue weighted by Crippen LogP contribution is 2.33. The second-order valence-electron chi connectivity index (χ2n) is 8.71. The van der Waals surface area contributed by atoms with E-state index in [1.165, 1.54) is 26.2 Å². The summed E-state index contributed by atoms with van der Waals surface area (Å²) >= 11 is 0. The van der Waals surface area contributed by atoms with Crippen molar-refractivity contribution in [2.24, 2.45) is 5.73 Å². The maximum Gasteiger partial charge on any atom is 0.573 e. The number of methoxy groups -OCH3 is 1. The van der Waals surface area contributed by atoms with Crippen LogP contribution in [0, 0.1) is 6.92 Å². The van der Waals surface area contributed by atoms with Crippen LogP contribution in [0.3, 0.4) is 0 Å². The van der Waals surface area contributed by atoms with E-state index in [9.17, 15) is 27.9 Å². The van der Waals surface area contributed by atoms with Gasteiger partial charge in [0.15, 0.2) is 17.2 Å². The number of nitrogens with zero attached hydrogens (tertiary/aromatic N) is 5. The van der Waals surface area contributed by atoms with Crippen LogP contribution < -0.4 is 15.2 Å². The molecule has 4 rings (SSSR count). The van der Waals surface area contributed by atoms with E-state index in [4.69, 9.17) is 10.5 Å². The molecule has 2 aromatic carbocycles. The fraction of sp³-hybridized carbons (Fsp3) is 0.292. The Hall–Kier alpha value is -4.46. The van der Waals surface area contributed by atoms with Gasteiger partial charge in [-0.25, -0.2) is 0 Å². The van der Waals surface area contributed by atoms with Gasteiger partial charge in [0.1, 0.15) is 18.0 Å². The lowest BCUT2D eigenvalue weighted by molar-refractivity contribution is -0.274. The Morgan fingerprint density at radius 1 is 1.11 bits per heavy atom. The van der Waals surface area contributed by atoms with E-state index in [1.54, 1.807) is 35.8 Å². The zero-order valence-corrected chi connectivity index (χ0v) is 20.5. The molecule has 0 aliphatic heterocycles. The van der Waals surface area contributed by atoms with Crippen LogP contribution in [-0.4, -0.2) is 60.6 Å². The highest BCUT2D eigenvalue weighted by molar-refractivity contribution is 6.17. The molecule has 14 heteroatoms. The fourth-order valence-electron chi connectivity index (χ4n) is 3.93. The molecule has 0 aliphatic rings. The first kappa shape index (κ1) is 26.6. The van der Waals surface area contributed by atoms with Gasteiger partial charge in [-0.1, -0.05) is 0 Å². The molecular formula is C24H23F3N6O5. The van der Waals surface area contributed by atoms with Crippen molar-refractivity contribution in [3.8, 4) is 11.5 Å². The largest absolute Gasteiger partial charge is 0.573 e. The summed E-state index contributed by atoms with van der Waals surface area (Å²) in [7, 11) is 1.49. The molecule has 0 aliphatic carbocycles. The van der Waals surface area contributed by atoms with Crippen molar-refractivity contribution in [3.05, 3.63) is 65.1 Å². The van der Waals surface area contributed by atoms with Crippen molar-refractivity contribution in [3.63, 3.8) is 0 Å². The molecule has 38 heavy (non-hydrogen) atoms. The zero-order valence-electron chi connectivity index (χ0n) is 20.5. The summed E-state index contributed by atoms with van der Waals surface area (Å²) in [5.41, 5.74) is 4.56. The Labute approximate surface area is 213 Å². The Balaban J connectivity index is 1.78. The maximum absolute atomic E-state index is 13.5. The number of aliphatic hydroxyl groups is 1. The summed E-state index contributed by atoms with van der Waals surface area (Å²) in [6.07, 6.45) is -4.91. The minimum Gasteiger partial charge on any atom is -0.497 e. The van der Waals surface area contributed by atoms with E-state index in [0.29, 0.717) is 22.4 Å². The number of primary amides is 1. The van der Waals surface area contributed by atoms with E-state index in [1.807, 2.05) is 0 Å². The maximum atomic E-state index is 13.5. The Bertz CT molecular complexity index is 1510. The van der Waals surface area contributed by atoms with Crippen molar-refractivity contribution in [2.45, 2.75) is 38.9 Å². The predicted molar refractivity (Wildman–Crippen MR) is 127 cm³/mol. The molecule has 2 aromatic heterocycles. The number of hydrogen-bond donors (Lipinski definition) is 2. The third-order valence-corrected chi connectivity index (χ3v) is 5.88. The Kier molecular flexibility index (Phi) is 6.84. The van der Waals surface area contributed by atoms with Gasteiger partial charge in [0.05, 0.1) is 24.7 Å². The molecular weight excluding hydrogens is 509 g/mol. The average molecular weight is 532 g/mol. The number of alkyl halides is 3. The second-order valence-corrected chi connectivity index (χ2v) is 8.71. The molecule has 0 saturated heterocycles. The summed E-state index contributed by atoms with van der Waals surface area (Å²) in [5.74, 6) is -1.15. The molecule has 1 atom stereocenters. The van der Waals surface area contributed by atoms with Gasteiger partial charge in [0.25, 0.3) is 5.91 Å². The molecule has 0 saturated carbocycles. The minimum atomic E-state index is -4.91. The van der Waals surface area contributed by atoms with E-state index in [0.717, 1.165) is 10.9 Å². The van der Waals surface area contributed by atoms with Gasteiger partial charge in [-0.3, -0.25) is 9.59 Å². The number of rotatable bonds is 9. The lowest BCUT2D eigenvalue weighted by Crippen LogP contribution is -2.45. The van der Waals surface area contributed by atoms with Crippen LogP contribution >= 0.6 is 0 Å². The van der Waals surface area contributed by atoms with E-state index < -0.39 is 23.6 Å². The normalized spacial score (nSPS) is 13.3. The molecule has 0 bridgehead atoms. The summed E-state index contributed by atoms with van der Waals surface area (Å²) in [6, 6.07) is 10.1. The summed E-state index contributed by atoms with van der Waals surface area (Å²) < 4.78 is 49.5. The SMILES string of the molecule is COc1ccc(C(=O)c2c(C)n(Cc3nnn(C[C@](C)(O)C(N)=O)n3)c3cc(OC(F)(F)F)ccc23)cc1. The number of carbonyl (C=O) groups is 2. The van der Waals surface area contributed by atoms with Crippen LogP contribution in [0.15, 0.2) is 42.5 Å². The second kappa shape index (κ2) is 9.78. The van der Waals surface area contributed by atoms with Crippen LogP contribution in [0.25, 0.3) is 10.9 Å². The summed E-state index contributed by atoms with van der Waals surface area (Å²) in [4.78, 5) is 25.9. The van der Waals surface area contributed by atoms with Gasteiger partial charge in [-0.05, 0) is 55.5 Å². The number of amides is 1. The molecule has 11 nitrogen and oxygen atoms in total. The lowest BCUT2D eigenvalue weighted by Gasteiger charge is -2.17. The van der Waals surface area contributed by atoms with Gasteiger partial charge in [0.2, 0.25) is 0 Å². The molecule has 2 heterocycles. The molecule has 0 unspecified atom stereocenters. The highest BCUT2D eigenvalue weighted by Gasteiger charge is 2.32. The molecule has 3 N–H and O–H groups in total. The van der Waals surface area contributed by atoms with Crippen molar-refractivity contribution in [1.82, 2.24) is 24.8 Å². The molecule has 0 spiro atoms. The first-order chi connectivity index (χ1) is 17.8. The quantitative estimate of drug-likeness (QED) is 0.312. The van der Waals surface area contributed by atoms with Crippen LogP contribution in [0.5, 0.6) is 11.5 Å². The van der Waals surface area contributed by atoms with Crippen molar-refractivity contribution in [2.75, 3.05) is 7.11 Å². The van der Waals surface area contributed by atoms with Crippen LogP contribution in [0.4, 0.5) is 13.2 Å². The number of nitrogens with two attached hydrogens (primary N) is 1. The lowest BCUT2D eigenvalue weighted by atomic mass is 10.0. The molecule has 0 fully saturated rings. The number of benzene rings is 2. The van der Waals surface area contributed by atoms with Gasteiger partial charge in [-0.2, -0.15) is 4.80 Å². The first-order valence-corrected chi connectivity index (χ1v) is 11.2. The average Bonchev–Trinajstić information content (AvgIpc) is 3.39. The zero-order chi connectivity index (χ0) is 27.8. The number of ether oxygens (including phenoxy) is 2. The van der Waals surface area contributed by atoms with Crippen LogP contribution in [0.2, 0.25) is 0 Å².